The predicted octanol–water partition coefficient (Wildman–Crippen LogP) is 4.91. The molecule has 1 amide bonds. The van der Waals surface area contributed by atoms with Gasteiger partial charge >= 0.3 is 0 Å². The Hall–Kier alpha value is -3.52. The van der Waals surface area contributed by atoms with E-state index in [0.717, 1.165) is 50.2 Å². The molecule has 5 heterocycles. The molecule has 0 N–H and O–H groups in total. The Morgan fingerprint density at radius 1 is 0.950 bits per heavy atom. The lowest BCUT2D eigenvalue weighted by Gasteiger charge is -2.45. The van der Waals surface area contributed by atoms with Crippen molar-refractivity contribution in [1.82, 2.24) is 34.3 Å². The molecule has 208 valence electrons. The summed E-state index contributed by atoms with van der Waals surface area (Å²) in [6.45, 7) is 4.82. The lowest BCUT2D eigenvalue weighted by molar-refractivity contribution is 0.0598. The van der Waals surface area contributed by atoms with Crippen molar-refractivity contribution in [1.29, 1.82) is 0 Å². The number of hydrogen-bond donors (Lipinski definition) is 0. The minimum atomic E-state index is 0.0385. The van der Waals surface area contributed by atoms with Gasteiger partial charge in [-0.05, 0) is 81.5 Å². The second-order valence-electron chi connectivity index (χ2n) is 12.2. The van der Waals surface area contributed by atoms with Gasteiger partial charge in [-0.1, -0.05) is 47.7 Å². The van der Waals surface area contributed by atoms with Crippen LogP contribution in [0.1, 0.15) is 72.9 Å². The summed E-state index contributed by atoms with van der Waals surface area (Å²) in [6, 6.07) is 21.4. The molecule has 0 saturated carbocycles. The van der Waals surface area contributed by atoms with E-state index in [9.17, 15) is 4.79 Å². The van der Waals surface area contributed by atoms with Gasteiger partial charge in [-0.3, -0.25) is 9.69 Å². The van der Waals surface area contributed by atoms with Gasteiger partial charge in [-0.15, -0.1) is 5.10 Å². The highest BCUT2D eigenvalue weighted by Crippen LogP contribution is 2.45. The number of amides is 1. The van der Waals surface area contributed by atoms with Crippen LogP contribution in [0.15, 0.2) is 60.8 Å². The smallest absolute Gasteiger partial charge is 0.273 e. The number of carbonyl (C=O) groups is 1. The monoisotopic (exact) mass is 537 g/mol. The van der Waals surface area contributed by atoms with Crippen LogP contribution in [0.3, 0.4) is 0 Å². The summed E-state index contributed by atoms with van der Waals surface area (Å²) in [5.74, 6) is 1.18. The van der Waals surface area contributed by atoms with Gasteiger partial charge in [0.15, 0.2) is 0 Å². The van der Waals surface area contributed by atoms with Gasteiger partial charge in [-0.25, -0.2) is 9.67 Å². The van der Waals surface area contributed by atoms with Crippen molar-refractivity contribution in [3.05, 3.63) is 77.9 Å². The van der Waals surface area contributed by atoms with Crippen molar-refractivity contribution in [2.75, 3.05) is 19.6 Å². The van der Waals surface area contributed by atoms with Crippen LogP contribution in [0.25, 0.3) is 11.0 Å². The first kappa shape index (κ1) is 25.4. The Labute approximate surface area is 236 Å². The number of carbonyl (C=O) groups excluding carboxylic acids is 1. The zero-order chi connectivity index (χ0) is 27.3. The van der Waals surface area contributed by atoms with Gasteiger partial charge < -0.3 is 9.47 Å². The van der Waals surface area contributed by atoms with Gasteiger partial charge in [0.05, 0.1) is 17.2 Å². The third-order valence-corrected chi connectivity index (χ3v) is 10.2. The highest BCUT2D eigenvalue weighted by Gasteiger charge is 2.44. The highest BCUT2D eigenvalue weighted by molar-refractivity contribution is 5.92. The average molecular weight is 538 g/mol. The molecule has 1 unspecified atom stereocenters. The fourth-order valence-electron chi connectivity index (χ4n) is 8.05. The molecule has 40 heavy (non-hydrogen) atoms. The fourth-order valence-corrected chi connectivity index (χ4v) is 8.05. The van der Waals surface area contributed by atoms with Crippen LogP contribution < -0.4 is 0 Å². The number of rotatable bonds is 6. The second kappa shape index (κ2) is 10.1. The van der Waals surface area contributed by atoms with Crippen LogP contribution in [0.5, 0.6) is 0 Å². The third kappa shape index (κ3) is 4.33. The number of nitrogens with zero attached hydrogens (tertiary/aromatic N) is 7. The van der Waals surface area contributed by atoms with E-state index in [0.29, 0.717) is 23.8 Å². The van der Waals surface area contributed by atoms with E-state index in [1.807, 2.05) is 4.90 Å². The third-order valence-electron chi connectivity index (χ3n) is 10.2. The zero-order valence-corrected chi connectivity index (χ0v) is 23.6. The summed E-state index contributed by atoms with van der Waals surface area (Å²) in [7, 11) is 1.78. The normalized spacial score (nSPS) is 24.6. The van der Waals surface area contributed by atoms with Crippen LogP contribution in [0.4, 0.5) is 0 Å². The molecule has 7 rings (SSSR count). The van der Waals surface area contributed by atoms with Crippen LogP contribution in [-0.2, 0) is 12.5 Å². The number of aryl methyl sites for hydroxylation is 2. The van der Waals surface area contributed by atoms with Gasteiger partial charge in [0.1, 0.15) is 11.5 Å². The predicted molar refractivity (Wildman–Crippen MR) is 155 cm³/mol. The molecule has 2 bridgehead atoms. The first-order valence-electron chi connectivity index (χ1n) is 14.9. The van der Waals surface area contributed by atoms with Gasteiger partial charge in [0.25, 0.3) is 5.91 Å². The lowest BCUT2D eigenvalue weighted by Crippen LogP contribution is -2.49. The topological polar surface area (TPSA) is 72.1 Å². The minimum absolute atomic E-state index is 0.0385. The Morgan fingerprint density at radius 3 is 2.35 bits per heavy atom. The summed E-state index contributed by atoms with van der Waals surface area (Å²) in [4.78, 5) is 22.9. The molecule has 3 aliphatic rings. The first-order valence-corrected chi connectivity index (χ1v) is 14.9. The Bertz CT molecular complexity index is 1490. The molecule has 0 radical (unpaired) electrons. The van der Waals surface area contributed by atoms with E-state index in [4.69, 9.17) is 4.98 Å². The summed E-state index contributed by atoms with van der Waals surface area (Å²) in [6.07, 6.45) is 9.69. The van der Waals surface area contributed by atoms with E-state index in [1.54, 1.807) is 17.9 Å². The van der Waals surface area contributed by atoms with Crippen LogP contribution in [0, 0.1) is 6.92 Å². The Kier molecular flexibility index (Phi) is 6.45. The van der Waals surface area contributed by atoms with Crippen LogP contribution in [0.2, 0.25) is 0 Å². The van der Waals surface area contributed by atoms with E-state index in [-0.39, 0.29) is 11.3 Å². The van der Waals surface area contributed by atoms with Crippen molar-refractivity contribution in [2.24, 2.45) is 7.05 Å². The van der Waals surface area contributed by atoms with E-state index < -0.39 is 0 Å². The molecule has 3 saturated heterocycles. The molecule has 2 aromatic heterocycles. The largest absolute Gasteiger partial charge is 0.337 e. The first-order chi connectivity index (χ1) is 19.5. The van der Waals surface area contributed by atoms with E-state index in [2.05, 4.69) is 81.3 Å². The average Bonchev–Trinajstić information content (AvgIpc) is 3.63. The number of aromatic nitrogens is 5. The summed E-state index contributed by atoms with van der Waals surface area (Å²) >= 11 is 0. The molecule has 8 nitrogen and oxygen atoms in total. The molecule has 8 heteroatoms. The molecule has 0 aliphatic carbocycles. The van der Waals surface area contributed by atoms with Crippen LogP contribution in [-0.4, -0.2) is 72.0 Å². The van der Waals surface area contributed by atoms with Gasteiger partial charge in [-0.2, -0.15) is 0 Å². The van der Waals surface area contributed by atoms with Crippen molar-refractivity contribution in [2.45, 2.75) is 75.4 Å². The molecule has 2 aromatic carbocycles. The van der Waals surface area contributed by atoms with Crippen LogP contribution >= 0.6 is 0 Å². The van der Waals surface area contributed by atoms with Gasteiger partial charge in [0.2, 0.25) is 0 Å². The molecular weight excluding hydrogens is 498 g/mol. The molecule has 3 fully saturated rings. The number of hydrogen-bond acceptors (Lipinski definition) is 5. The SMILES string of the molecule is Cc1nc2ccccc2n1C1C[C@H]2CC[C@@H](C1)N2CCC1(c2ccccc2)CCN(C(=O)c2cnnn2C)CC1. The number of para-hydroxylation sites is 2. The summed E-state index contributed by atoms with van der Waals surface area (Å²) in [5, 5.41) is 7.87. The quantitative estimate of drug-likeness (QED) is 0.350. The Balaban J connectivity index is 1.07. The number of fused-ring (bicyclic) bond motifs is 3. The minimum Gasteiger partial charge on any atom is -0.337 e. The molecular formula is C32H39N7O. The Morgan fingerprint density at radius 2 is 1.65 bits per heavy atom. The number of imidazole rings is 1. The number of likely N-dealkylation sites (tertiary alicyclic amines) is 1. The zero-order valence-electron chi connectivity index (χ0n) is 23.6. The maximum atomic E-state index is 13.2. The fraction of sp³-hybridized carbons (Fsp3) is 0.500. The molecule has 3 atom stereocenters. The highest BCUT2D eigenvalue weighted by atomic mass is 16.2. The van der Waals surface area contributed by atoms with Crippen molar-refractivity contribution in [3.8, 4) is 0 Å². The maximum Gasteiger partial charge on any atom is 0.273 e. The molecule has 0 spiro atoms. The number of piperidine rings is 2. The maximum absolute atomic E-state index is 13.2. The van der Waals surface area contributed by atoms with Gasteiger partial charge in [0, 0.05) is 38.3 Å². The van der Waals surface area contributed by atoms with E-state index >= 15 is 0 Å². The molecule has 3 aliphatic heterocycles. The molecule has 4 aromatic rings. The lowest BCUT2D eigenvalue weighted by atomic mass is 9.70. The van der Waals surface area contributed by atoms with E-state index in [1.165, 1.54) is 36.8 Å². The van der Waals surface area contributed by atoms with Crippen molar-refractivity contribution < 1.29 is 4.79 Å². The van der Waals surface area contributed by atoms with Crippen molar-refractivity contribution >= 4 is 16.9 Å². The standard InChI is InChI=1S/C32H39N7O/c1-23-34-28-10-6-7-11-29(28)39(23)27-20-25-12-13-26(21-27)38(25)19-16-32(24-8-4-3-5-9-24)14-17-37(18-15-32)31(40)30-22-33-35-36(30)2/h3-11,22,25-27H,12-21H2,1-2H3/t25-,26+,27?. The number of benzene rings is 2. The summed E-state index contributed by atoms with van der Waals surface area (Å²) < 4.78 is 4.10. The summed E-state index contributed by atoms with van der Waals surface area (Å²) in [5.41, 5.74) is 4.48. The van der Waals surface area contributed by atoms with Crippen molar-refractivity contribution in [3.63, 3.8) is 0 Å². The second-order valence-corrected chi connectivity index (χ2v) is 12.2.